The second-order valence-corrected chi connectivity index (χ2v) is 6.37. The van der Waals surface area contributed by atoms with Gasteiger partial charge in [0.2, 0.25) is 5.89 Å². The molecule has 0 saturated carbocycles. The molecule has 0 aliphatic carbocycles. The van der Waals surface area contributed by atoms with E-state index >= 15 is 0 Å². The van der Waals surface area contributed by atoms with Crippen LogP contribution >= 0.6 is 11.3 Å². The van der Waals surface area contributed by atoms with Crippen molar-refractivity contribution in [2.24, 2.45) is 0 Å². The molecule has 0 aromatic carbocycles. The molecule has 7 heteroatoms. The summed E-state index contributed by atoms with van der Waals surface area (Å²) in [6.45, 7) is 5.68. The van der Waals surface area contributed by atoms with Gasteiger partial charge >= 0.3 is 0 Å². The summed E-state index contributed by atoms with van der Waals surface area (Å²) in [6.07, 6.45) is 2.45. The number of hydrogen-bond acceptors (Lipinski definition) is 7. The number of likely N-dealkylation sites (tertiary alicyclic amines) is 1. The zero-order chi connectivity index (χ0) is 14.7. The molecule has 3 rings (SSSR count). The lowest BCUT2D eigenvalue weighted by Gasteiger charge is -2.36. The van der Waals surface area contributed by atoms with Crippen LogP contribution in [0.3, 0.4) is 0 Å². The van der Waals surface area contributed by atoms with Gasteiger partial charge < -0.3 is 4.52 Å². The van der Waals surface area contributed by atoms with Crippen molar-refractivity contribution in [1.29, 1.82) is 0 Å². The Kier molecular flexibility index (Phi) is 4.62. The van der Waals surface area contributed by atoms with Crippen LogP contribution in [0.4, 0.5) is 0 Å². The highest BCUT2D eigenvalue weighted by Gasteiger charge is 2.24. The van der Waals surface area contributed by atoms with Crippen LogP contribution in [0.25, 0.3) is 0 Å². The summed E-state index contributed by atoms with van der Waals surface area (Å²) < 4.78 is 5.05. The highest BCUT2D eigenvalue weighted by Crippen LogP contribution is 2.18. The molecule has 1 fully saturated rings. The maximum Gasteiger partial charge on any atom is 0.223 e. The van der Waals surface area contributed by atoms with Crippen molar-refractivity contribution in [2.75, 3.05) is 20.1 Å². The molecule has 21 heavy (non-hydrogen) atoms. The fraction of sp³-hybridized carbons (Fsp3) is 0.643. The molecule has 1 aliphatic rings. The average Bonchev–Trinajstić information content (AvgIpc) is 3.11. The van der Waals surface area contributed by atoms with Crippen LogP contribution in [-0.4, -0.2) is 51.1 Å². The quantitative estimate of drug-likeness (QED) is 0.841. The third kappa shape index (κ3) is 3.87. The maximum absolute atomic E-state index is 5.05. The number of aromatic nitrogens is 3. The van der Waals surface area contributed by atoms with Crippen molar-refractivity contribution in [1.82, 2.24) is 24.9 Å². The third-order valence-corrected chi connectivity index (χ3v) is 4.57. The first-order chi connectivity index (χ1) is 10.2. The lowest BCUT2D eigenvalue weighted by atomic mass is 10.0. The summed E-state index contributed by atoms with van der Waals surface area (Å²) in [5.74, 6) is 1.43. The minimum absolute atomic E-state index is 0.563. The maximum atomic E-state index is 5.05. The molecule has 114 valence electrons. The van der Waals surface area contributed by atoms with Gasteiger partial charge in [0.15, 0.2) is 5.82 Å². The highest BCUT2D eigenvalue weighted by molar-refractivity contribution is 7.07. The largest absolute Gasteiger partial charge is 0.340 e. The number of likely N-dealkylation sites (N-methyl/N-ethyl adjacent to an activating group) is 1. The Hall–Kier alpha value is -1.31. The summed E-state index contributed by atoms with van der Waals surface area (Å²) in [7, 11) is 2.19. The van der Waals surface area contributed by atoms with E-state index in [4.69, 9.17) is 4.52 Å². The third-order valence-electron chi connectivity index (χ3n) is 3.93. The molecule has 3 heterocycles. The van der Waals surface area contributed by atoms with Crippen molar-refractivity contribution in [3.63, 3.8) is 0 Å². The predicted molar refractivity (Wildman–Crippen MR) is 80.9 cm³/mol. The summed E-state index contributed by atoms with van der Waals surface area (Å²) in [5.41, 5.74) is 3.06. The smallest absolute Gasteiger partial charge is 0.223 e. The van der Waals surface area contributed by atoms with E-state index in [1.165, 1.54) is 12.8 Å². The second kappa shape index (κ2) is 6.64. The number of aryl methyl sites for hydroxylation is 1. The lowest BCUT2D eigenvalue weighted by molar-refractivity contribution is 0.104. The van der Waals surface area contributed by atoms with E-state index < -0.39 is 0 Å². The molecule has 1 atom stereocenters. The fourth-order valence-electron chi connectivity index (χ4n) is 2.84. The Morgan fingerprint density at radius 2 is 2.43 bits per heavy atom. The van der Waals surface area contributed by atoms with E-state index in [2.05, 4.69) is 37.4 Å². The highest BCUT2D eigenvalue weighted by atomic mass is 32.1. The standard InChI is InChI=1S/C14H21N5OS/c1-11-16-14(17-20-11)8-19-5-3-4-13(7-19)18(2)6-12-9-21-10-15-12/h9-10,13H,3-8H2,1-2H3/t13-/m0/s1. The van der Waals surface area contributed by atoms with Crippen LogP contribution in [0.2, 0.25) is 0 Å². The molecule has 2 aromatic heterocycles. The Morgan fingerprint density at radius 3 is 3.14 bits per heavy atom. The molecule has 0 N–H and O–H groups in total. The van der Waals surface area contributed by atoms with Gasteiger partial charge in [0.1, 0.15) is 0 Å². The van der Waals surface area contributed by atoms with Crippen molar-refractivity contribution >= 4 is 11.3 Å². The van der Waals surface area contributed by atoms with Crippen LogP contribution < -0.4 is 0 Å². The first-order valence-corrected chi connectivity index (χ1v) is 8.24. The molecule has 6 nitrogen and oxygen atoms in total. The summed E-state index contributed by atoms with van der Waals surface area (Å²) in [6, 6.07) is 0.563. The Bertz CT molecular complexity index is 555. The van der Waals surface area contributed by atoms with Gasteiger partial charge in [0.05, 0.1) is 17.7 Å². The fourth-order valence-corrected chi connectivity index (χ4v) is 3.39. The number of hydrogen-bond donors (Lipinski definition) is 0. The van der Waals surface area contributed by atoms with E-state index in [-0.39, 0.29) is 0 Å². The molecule has 1 saturated heterocycles. The average molecular weight is 307 g/mol. The number of piperidine rings is 1. The monoisotopic (exact) mass is 307 g/mol. The molecule has 0 spiro atoms. The zero-order valence-corrected chi connectivity index (χ0v) is 13.3. The van der Waals surface area contributed by atoms with E-state index in [9.17, 15) is 0 Å². The number of nitrogens with zero attached hydrogens (tertiary/aromatic N) is 5. The van der Waals surface area contributed by atoms with E-state index in [0.717, 1.165) is 37.7 Å². The van der Waals surface area contributed by atoms with Crippen LogP contribution in [0.5, 0.6) is 0 Å². The first kappa shape index (κ1) is 14.6. The topological polar surface area (TPSA) is 58.3 Å². The predicted octanol–water partition coefficient (Wildman–Crippen LogP) is 1.93. The van der Waals surface area contributed by atoms with Crippen LogP contribution in [0.1, 0.15) is 30.3 Å². The zero-order valence-electron chi connectivity index (χ0n) is 12.5. The summed E-state index contributed by atoms with van der Waals surface area (Å²) in [4.78, 5) is 13.5. The van der Waals surface area contributed by atoms with Crippen LogP contribution in [-0.2, 0) is 13.1 Å². The van der Waals surface area contributed by atoms with E-state index in [1.54, 1.807) is 11.3 Å². The number of thiazole rings is 1. The van der Waals surface area contributed by atoms with Gasteiger partial charge in [-0.1, -0.05) is 5.16 Å². The van der Waals surface area contributed by atoms with Crippen molar-refractivity contribution in [3.8, 4) is 0 Å². The minimum atomic E-state index is 0.563. The Morgan fingerprint density at radius 1 is 1.52 bits per heavy atom. The van der Waals surface area contributed by atoms with E-state index in [1.807, 2.05) is 12.4 Å². The molecular formula is C14H21N5OS. The SMILES string of the molecule is Cc1nc(CN2CCC[C@H](N(C)Cc3cscn3)C2)no1. The van der Waals surface area contributed by atoms with Gasteiger partial charge in [-0.15, -0.1) is 11.3 Å². The van der Waals surface area contributed by atoms with Gasteiger partial charge in [-0.05, 0) is 26.4 Å². The Balaban J connectivity index is 1.55. The number of rotatable bonds is 5. The van der Waals surface area contributed by atoms with Gasteiger partial charge in [0.25, 0.3) is 0 Å². The normalized spacial score (nSPS) is 20.2. The molecule has 0 bridgehead atoms. The molecular weight excluding hydrogens is 286 g/mol. The summed E-state index contributed by atoms with van der Waals surface area (Å²) in [5, 5.41) is 6.11. The Labute approximate surface area is 128 Å². The van der Waals surface area contributed by atoms with Gasteiger partial charge in [0, 0.05) is 31.4 Å². The van der Waals surface area contributed by atoms with Crippen molar-refractivity contribution < 1.29 is 4.52 Å². The first-order valence-electron chi connectivity index (χ1n) is 7.29. The van der Waals surface area contributed by atoms with Gasteiger partial charge in [-0.2, -0.15) is 4.98 Å². The molecule has 2 aromatic rings. The molecule has 0 amide bonds. The molecule has 0 radical (unpaired) electrons. The second-order valence-electron chi connectivity index (χ2n) is 5.66. The van der Waals surface area contributed by atoms with Crippen LogP contribution in [0, 0.1) is 6.92 Å². The van der Waals surface area contributed by atoms with E-state index in [0.29, 0.717) is 11.9 Å². The molecule has 1 aliphatic heterocycles. The lowest BCUT2D eigenvalue weighted by Crippen LogP contribution is -2.45. The van der Waals surface area contributed by atoms with Crippen molar-refractivity contribution in [2.45, 2.75) is 38.9 Å². The van der Waals surface area contributed by atoms with Crippen molar-refractivity contribution in [3.05, 3.63) is 28.3 Å². The van der Waals surface area contributed by atoms with Gasteiger partial charge in [-0.25, -0.2) is 4.98 Å². The van der Waals surface area contributed by atoms with Crippen LogP contribution in [0.15, 0.2) is 15.4 Å². The van der Waals surface area contributed by atoms with Gasteiger partial charge in [-0.3, -0.25) is 9.80 Å². The minimum Gasteiger partial charge on any atom is -0.340 e. The summed E-state index contributed by atoms with van der Waals surface area (Å²) >= 11 is 1.66. The molecule has 0 unspecified atom stereocenters.